The molecule has 0 fully saturated rings. The van der Waals surface area contributed by atoms with Crippen LogP contribution in [0.2, 0.25) is 0 Å². The van der Waals surface area contributed by atoms with E-state index in [-0.39, 0.29) is 11.0 Å². The summed E-state index contributed by atoms with van der Waals surface area (Å²) in [5.41, 5.74) is 2.90. The third kappa shape index (κ3) is 3.38. The number of aromatic amines is 1. The topological polar surface area (TPSA) is 61.9 Å². The lowest BCUT2D eigenvalue weighted by Gasteiger charge is -2.29. The standard InChI is InChI=1S/C18H23FN4O/c1-11-7-12(8-20-15(11)19)9-23-6-5-14-13(10-23)16(24)22-17(21-14)18(2,3)4/h7-8H,5-6,9-10H2,1-4H3,(H,21,22,24). The number of nitrogens with zero attached hydrogens (tertiary/aromatic N) is 3. The minimum Gasteiger partial charge on any atom is -0.310 e. The van der Waals surface area contributed by atoms with Crippen LogP contribution in [0, 0.1) is 12.9 Å². The third-order valence-electron chi connectivity index (χ3n) is 4.34. The highest BCUT2D eigenvalue weighted by molar-refractivity contribution is 5.24. The molecule has 5 nitrogen and oxygen atoms in total. The molecule has 3 heterocycles. The van der Waals surface area contributed by atoms with Gasteiger partial charge in [0.1, 0.15) is 5.82 Å². The summed E-state index contributed by atoms with van der Waals surface area (Å²) in [5.74, 6) is 0.302. The number of aryl methyl sites for hydroxylation is 1. The first-order valence-electron chi connectivity index (χ1n) is 8.20. The summed E-state index contributed by atoms with van der Waals surface area (Å²) in [5, 5.41) is 0. The van der Waals surface area contributed by atoms with Crippen molar-refractivity contribution in [3.8, 4) is 0 Å². The summed E-state index contributed by atoms with van der Waals surface area (Å²) < 4.78 is 13.3. The van der Waals surface area contributed by atoms with Crippen LogP contribution in [0.3, 0.4) is 0 Å². The lowest BCUT2D eigenvalue weighted by atomic mass is 9.95. The molecule has 0 atom stereocenters. The highest BCUT2D eigenvalue weighted by Crippen LogP contribution is 2.21. The van der Waals surface area contributed by atoms with Crippen LogP contribution in [-0.2, 0) is 24.9 Å². The summed E-state index contributed by atoms with van der Waals surface area (Å²) in [7, 11) is 0. The Balaban J connectivity index is 1.82. The molecule has 1 aliphatic rings. The van der Waals surface area contributed by atoms with Crippen molar-refractivity contribution in [3.05, 3.63) is 56.8 Å². The van der Waals surface area contributed by atoms with Crippen LogP contribution in [0.25, 0.3) is 0 Å². The fourth-order valence-electron chi connectivity index (χ4n) is 2.93. The van der Waals surface area contributed by atoms with Crippen LogP contribution in [-0.4, -0.2) is 26.4 Å². The largest absolute Gasteiger partial charge is 0.310 e. The third-order valence-corrected chi connectivity index (χ3v) is 4.34. The highest BCUT2D eigenvalue weighted by atomic mass is 19.1. The molecule has 2 aromatic heterocycles. The van der Waals surface area contributed by atoms with Gasteiger partial charge >= 0.3 is 0 Å². The van der Waals surface area contributed by atoms with Crippen molar-refractivity contribution < 1.29 is 4.39 Å². The van der Waals surface area contributed by atoms with E-state index < -0.39 is 5.95 Å². The maximum Gasteiger partial charge on any atom is 0.255 e. The van der Waals surface area contributed by atoms with Gasteiger partial charge in [-0.3, -0.25) is 9.69 Å². The quantitative estimate of drug-likeness (QED) is 0.859. The summed E-state index contributed by atoms with van der Waals surface area (Å²) in [6.07, 6.45) is 2.30. The number of H-pyrrole nitrogens is 1. The van der Waals surface area contributed by atoms with Crippen LogP contribution in [0.15, 0.2) is 17.1 Å². The number of halogens is 1. The predicted molar refractivity (Wildman–Crippen MR) is 90.3 cm³/mol. The number of nitrogens with one attached hydrogen (secondary N) is 1. The Bertz CT molecular complexity index is 823. The van der Waals surface area contributed by atoms with E-state index in [1.54, 1.807) is 13.1 Å². The molecule has 0 radical (unpaired) electrons. The summed E-state index contributed by atoms with van der Waals surface area (Å²) >= 11 is 0. The molecule has 0 saturated heterocycles. The van der Waals surface area contributed by atoms with Crippen molar-refractivity contribution in [3.63, 3.8) is 0 Å². The van der Waals surface area contributed by atoms with E-state index in [1.807, 2.05) is 26.8 Å². The van der Waals surface area contributed by atoms with Gasteiger partial charge in [0, 0.05) is 43.2 Å². The van der Waals surface area contributed by atoms with E-state index in [2.05, 4.69) is 19.9 Å². The van der Waals surface area contributed by atoms with Crippen molar-refractivity contribution in [2.24, 2.45) is 0 Å². The first kappa shape index (κ1) is 16.8. The zero-order valence-electron chi connectivity index (χ0n) is 14.6. The number of hydrogen-bond donors (Lipinski definition) is 1. The molecule has 3 rings (SSSR count). The lowest BCUT2D eigenvalue weighted by molar-refractivity contribution is 0.240. The maximum atomic E-state index is 13.3. The van der Waals surface area contributed by atoms with Crippen molar-refractivity contribution in [1.82, 2.24) is 19.9 Å². The predicted octanol–water partition coefficient (Wildman–Crippen LogP) is 2.47. The molecule has 2 aromatic rings. The molecule has 0 bridgehead atoms. The molecular formula is C18H23FN4O. The van der Waals surface area contributed by atoms with E-state index in [1.165, 1.54) is 0 Å². The average molecular weight is 330 g/mol. The smallest absolute Gasteiger partial charge is 0.255 e. The Hall–Kier alpha value is -2.08. The zero-order valence-corrected chi connectivity index (χ0v) is 14.6. The van der Waals surface area contributed by atoms with Gasteiger partial charge in [0.05, 0.1) is 11.3 Å². The Kier molecular flexibility index (Phi) is 4.25. The normalized spacial score (nSPS) is 15.4. The molecule has 24 heavy (non-hydrogen) atoms. The van der Waals surface area contributed by atoms with Gasteiger partial charge in [0.25, 0.3) is 5.56 Å². The second-order valence-electron chi connectivity index (χ2n) is 7.50. The number of pyridine rings is 1. The minimum absolute atomic E-state index is 0.0527. The fraction of sp³-hybridized carbons (Fsp3) is 0.500. The number of aromatic nitrogens is 3. The molecule has 0 aliphatic carbocycles. The number of fused-ring (bicyclic) bond motifs is 1. The van der Waals surface area contributed by atoms with Crippen molar-refractivity contribution in [2.75, 3.05) is 6.54 Å². The van der Waals surface area contributed by atoms with Gasteiger partial charge < -0.3 is 4.98 Å². The molecule has 1 aliphatic heterocycles. The van der Waals surface area contributed by atoms with Gasteiger partial charge in [-0.25, -0.2) is 9.97 Å². The van der Waals surface area contributed by atoms with Gasteiger partial charge in [-0.05, 0) is 18.6 Å². The van der Waals surface area contributed by atoms with Crippen LogP contribution < -0.4 is 5.56 Å². The Morgan fingerprint density at radius 3 is 2.79 bits per heavy atom. The summed E-state index contributed by atoms with van der Waals surface area (Å²) in [6.45, 7) is 9.85. The minimum atomic E-state index is -0.432. The van der Waals surface area contributed by atoms with Gasteiger partial charge in [-0.1, -0.05) is 20.8 Å². The van der Waals surface area contributed by atoms with Crippen molar-refractivity contribution >= 4 is 0 Å². The Morgan fingerprint density at radius 1 is 1.38 bits per heavy atom. The molecule has 1 N–H and O–H groups in total. The van der Waals surface area contributed by atoms with E-state index in [0.717, 1.165) is 35.6 Å². The molecule has 0 unspecified atom stereocenters. The fourth-order valence-corrected chi connectivity index (χ4v) is 2.93. The molecule has 0 saturated carbocycles. The second kappa shape index (κ2) is 6.09. The average Bonchev–Trinajstić information content (AvgIpc) is 2.50. The van der Waals surface area contributed by atoms with Gasteiger partial charge in [0.15, 0.2) is 0 Å². The SMILES string of the molecule is Cc1cc(CN2CCc3nc(C(C)(C)C)[nH]c(=O)c3C2)cnc1F. The highest BCUT2D eigenvalue weighted by Gasteiger charge is 2.24. The van der Waals surface area contributed by atoms with Crippen LogP contribution in [0.4, 0.5) is 4.39 Å². The van der Waals surface area contributed by atoms with Crippen LogP contribution in [0.1, 0.15) is 49.0 Å². The van der Waals surface area contributed by atoms with Gasteiger partial charge in [-0.15, -0.1) is 0 Å². The van der Waals surface area contributed by atoms with E-state index >= 15 is 0 Å². The molecular weight excluding hydrogens is 307 g/mol. The molecule has 128 valence electrons. The molecule has 0 amide bonds. The maximum absolute atomic E-state index is 13.3. The first-order chi connectivity index (χ1) is 11.2. The first-order valence-corrected chi connectivity index (χ1v) is 8.20. The number of hydrogen-bond acceptors (Lipinski definition) is 4. The molecule has 0 spiro atoms. The zero-order chi connectivity index (χ0) is 17.5. The van der Waals surface area contributed by atoms with E-state index in [9.17, 15) is 9.18 Å². The Morgan fingerprint density at radius 2 is 2.12 bits per heavy atom. The van der Waals surface area contributed by atoms with E-state index in [4.69, 9.17) is 0 Å². The Labute approximate surface area is 141 Å². The monoisotopic (exact) mass is 330 g/mol. The number of rotatable bonds is 2. The van der Waals surface area contributed by atoms with Crippen LogP contribution in [0.5, 0.6) is 0 Å². The molecule has 0 aromatic carbocycles. The second-order valence-corrected chi connectivity index (χ2v) is 7.50. The van der Waals surface area contributed by atoms with Crippen LogP contribution >= 0.6 is 0 Å². The lowest BCUT2D eigenvalue weighted by Crippen LogP contribution is -2.37. The van der Waals surface area contributed by atoms with Crippen molar-refractivity contribution in [1.29, 1.82) is 0 Å². The van der Waals surface area contributed by atoms with E-state index in [0.29, 0.717) is 18.7 Å². The van der Waals surface area contributed by atoms with Gasteiger partial charge in [0.2, 0.25) is 5.95 Å². The van der Waals surface area contributed by atoms with Crippen molar-refractivity contribution in [2.45, 2.75) is 52.6 Å². The summed E-state index contributed by atoms with van der Waals surface area (Å²) in [4.78, 5) is 26.0. The van der Waals surface area contributed by atoms with Gasteiger partial charge in [-0.2, -0.15) is 4.39 Å². The molecule has 6 heteroatoms. The summed E-state index contributed by atoms with van der Waals surface area (Å²) in [6, 6.07) is 1.81.